The lowest BCUT2D eigenvalue weighted by Crippen LogP contribution is -2.12. The van der Waals surface area contributed by atoms with Crippen molar-refractivity contribution in [1.29, 1.82) is 0 Å². The average Bonchev–Trinajstić information content (AvgIpc) is 2.38. The van der Waals surface area contributed by atoms with Crippen molar-refractivity contribution in [3.63, 3.8) is 0 Å². The molecular formula is C12H11BrClN3O. The van der Waals surface area contributed by atoms with Crippen LogP contribution in [-0.4, -0.2) is 4.98 Å². The highest BCUT2D eigenvalue weighted by molar-refractivity contribution is 9.10. The fraction of sp³-hybridized carbons (Fsp3) is 0.0833. The van der Waals surface area contributed by atoms with Gasteiger partial charge in [-0.2, -0.15) is 0 Å². The molecule has 0 amide bonds. The highest BCUT2D eigenvalue weighted by atomic mass is 79.9. The molecule has 0 aliphatic rings. The maximum Gasteiger partial charge on any atom is 0.146 e. The largest absolute Gasteiger partial charge is 0.487 e. The molecule has 0 aliphatic carbocycles. The molecule has 2 aromatic rings. The maximum atomic E-state index is 6.06. The molecule has 0 unspecified atom stereocenters. The number of nitrogens with two attached hydrogens (primary N) is 1. The van der Waals surface area contributed by atoms with Gasteiger partial charge in [-0.25, -0.2) is 10.8 Å². The maximum absolute atomic E-state index is 6.06. The third-order valence-electron chi connectivity index (χ3n) is 2.31. The van der Waals surface area contributed by atoms with E-state index in [1.807, 2.05) is 18.2 Å². The summed E-state index contributed by atoms with van der Waals surface area (Å²) in [6.07, 6.45) is 1.66. The van der Waals surface area contributed by atoms with E-state index < -0.39 is 0 Å². The lowest BCUT2D eigenvalue weighted by atomic mass is 10.2. The smallest absolute Gasteiger partial charge is 0.146 e. The van der Waals surface area contributed by atoms with Crippen LogP contribution < -0.4 is 16.0 Å². The van der Waals surface area contributed by atoms with E-state index in [1.165, 1.54) is 0 Å². The Kier molecular flexibility index (Phi) is 4.41. The second-order valence-electron chi connectivity index (χ2n) is 3.52. The van der Waals surface area contributed by atoms with Crippen LogP contribution in [0.5, 0.6) is 5.75 Å². The summed E-state index contributed by atoms with van der Waals surface area (Å²) in [6.45, 7) is 0.342. The molecule has 0 fully saturated rings. The molecule has 6 heteroatoms. The number of nitrogens with one attached hydrogen (secondary N) is 1. The SMILES string of the molecule is NNc1ncccc1COc1ccc(Br)cc1Cl. The molecule has 94 valence electrons. The summed E-state index contributed by atoms with van der Waals surface area (Å²) in [5.74, 6) is 6.57. The van der Waals surface area contributed by atoms with Crippen molar-refractivity contribution < 1.29 is 4.74 Å². The van der Waals surface area contributed by atoms with E-state index in [1.54, 1.807) is 18.3 Å². The predicted octanol–water partition coefficient (Wildman–Crippen LogP) is 3.36. The fourth-order valence-corrected chi connectivity index (χ4v) is 2.16. The minimum atomic E-state index is 0.342. The molecule has 0 atom stereocenters. The van der Waals surface area contributed by atoms with E-state index in [0.717, 1.165) is 10.0 Å². The van der Waals surface area contributed by atoms with Crippen molar-refractivity contribution >= 4 is 33.3 Å². The van der Waals surface area contributed by atoms with Crippen LogP contribution in [0, 0.1) is 0 Å². The predicted molar refractivity (Wildman–Crippen MR) is 75.5 cm³/mol. The van der Waals surface area contributed by atoms with E-state index in [2.05, 4.69) is 26.3 Å². The van der Waals surface area contributed by atoms with Gasteiger partial charge in [0.25, 0.3) is 0 Å². The van der Waals surface area contributed by atoms with Gasteiger partial charge in [-0.3, -0.25) is 0 Å². The number of halogens is 2. The molecule has 2 rings (SSSR count). The average molecular weight is 329 g/mol. The van der Waals surface area contributed by atoms with Crippen LogP contribution in [0.3, 0.4) is 0 Å². The Morgan fingerprint density at radius 3 is 2.94 bits per heavy atom. The number of rotatable bonds is 4. The van der Waals surface area contributed by atoms with Crippen molar-refractivity contribution in [1.82, 2.24) is 4.98 Å². The quantitative estimate of drug-likeness (QED) is 0.667. The number of benzene rings is 1. The summed E-state index contributed by atoms with van der Waals surface area (Å²) < 4.78 is 6.54. The Morgan fingerprint density at radius 1 is 1.39 bits per heavy atom. The van der Waals surface area contributed by atoms with Crippen LogP contribution in [-0.2, 0) is 6.61 Å². The van der Waals surface area contributed by atoms with E-state index >= 15 is 0 Å². The summed E-state index contributed by atoms with van der Waals surface area (Å²) in [5.41, 5.74) is 3.38. The summed E-state index contributed by atoms with van der Waals surface area (Å²) in [7, 11) is 0. The van der Waals surface area contributed by atoms with Crippen molar-refractivity contribution in [3.05, 3.63) is 51.6 Å². The highest BCUT2D eigenvalue weighted by Crippen LogP contribution is 2.28. The molecule has 1 aromatic carbocycles. The molecule has 1 heterocycles. The number of hydrogen-bond donors (Lipinski definition) is 2. The molecule has 0 bridgehead atoms. The second-order valence-corrected chi connectivity index (χ2v) is 4.84. The van der Waals surface area contributed by atoms with Crippen LogP contribution in [0.1, 0.15) is 5.56 Å². The van der Waals surface area contributed by atoms with Gasteiger partial charge in [-0.15, -0.1) is 0 Å². The molecule has 18 heavy (non-hydrogen) atoms. The Hall–Kier alpha value is -1.30. The summed E-state index contributed by atoms with van der Waals surface area (Å²) >= 11 is 9.40. The molecule has 3 N–H and O–H groups in total. The fourth-order valence-electron chi connectivity index (χ4n) is 1.43. The van der Waals surface area contributed by atoms with E-state index in [4.69, 9.17) is 22.2 Å². The van der Waals surface area contributed by atoms with E-state index in [0.29, 0.717) is 23.2 Å². The van der Waals surface area contributed by atoms with E-state index in [9.17, 15) is 0 Å². The van der Waals surface area contributed by atoms with Crippen molar-refractivity contribution in [2.24, 2.45) is 5.84 Å². The Bertz CT molecular complexity index is 551. The van der Waals surface area contributed by atoms with Crippen LogP contribution in [0.15, 0.2) is 41.0 Å². The van der Waals surface area contributed by atoms with Gasteiger partial charge in [-0.05, 0) is 24.3 Å². The molecule has 0 aliphatic heterocycles. The van der Waals surface area contributed by atoms with Gasteiger partial charge in [0.1, 0.15) is 18.2 Å². The minimum absolute atomic E-state index is 0.342. The third kappa shape index (κ3) is 3.13. The van der Waals surface area contributed by atoms with Crippen LogP contribution >= 0.6 is 27.5 Å². The van der Waals surface area contributed by atoms with Crippen molar-refractivity contribution in [3.8, 4) is 5.75 Å². The Morgan fingerprint density at radius 2 is 2.22 bits per heavy atom. The molecule has 1 aromatic heterocycles. The van der Waals surface area contributed by atoms with Gasteiger partial charge < -0.3 is 10.2 Å². The molecule has 4 nitrogen and oxygen atoms in total. The zero-order valence-corrected chi connectivity index (χ0v) is 11.7. The van der Waals surface area contributed by atoms with Gasteiger partial charge in [0.05, 0.1) is 5.02 Å². The van der Waals surface area contributed by atoms with Crippen LogP contribution in [0.4, 0.5) is 5.82 Å². The first-order valence-electron chi connectivity index (χ1n) is 5.19. The number of nitrogen functional groups attached to an aromatic ring is 1. The second kappa shape index (κ2) is 6.04. The van der Waals surface area contributed by atoms with Crippen molar-refractivity contribution in [2.45, 2.75) is 6.61 Å². The number of pyridine rings is 1. The molecule has 0 saturated carbocycles. The minimum Gasteiger partial charge on any atom is -0.487 e. The van der Waals surface area contributed by atoms with Crippen LogP contribution in [0.25, 0.3) is 0 Å². The molecular weight excluding hydrogens is 318 g/mol. The number of hydrogen-bond acceptors (Lipinski definition) is 4. The number of nitrogens with zero attached hydrogens (tertiary/aromatic N) is 1. The third-order valence-corrected chi connectivity index (χ3v) is 3.09. The molecule has 0 spiro atoms. The first kappa shape index (κ1) is 13.1. The summed E-state index contributed by atoms with van der Waals surface area (Å²) in [6, 6.07) is 9.16. The van der Waals surface area contributed by atoms with Gasteiger partial charge in [0.15, 0.2) is 0 Å². The summed E-state index contributed by atoms with van der Waals surface area (Å²) in [4.78, 5) is 4.09. The zero-order chi connectivity index (χ0) is 13.0. The van der Waals surface area contributed by atoms with Gasteiger partial charge >= 0.3 is 0 Å². The number of aromatic nitrogens is 1. The molecule has 0 saturated heterocycles. The Balaban J connectivity index is 2.11. The summed E-state index contributed by atoms with van der Waals surface area (Å²) in [5, 5.41) is 0.551. The van der Waals surface area contributed by atoms with Crippen LogP contribution in [0.2, 0.25) is 5.02 Å². The zero-order valence-electron chi connectivity index (χ0n) is 9.36. The lowest BCUT2D eigenvalue weighted by Gasteiger charge is -2.10. The van der Waals surface area contributed by atoms with Crippen molar-refractivity contribution in [2.75, 3.05) is 5.43 Å². The standard InChI is InChI=1S/C12H11BrClN3O/c13-9-3-4-11(10(14)6-9)18-7-8-2-1-5-16-12(8)17-15/h1-6H,7,15H2,(H,16,17). The number of anilines is 1. The topological polar surface area (TPSA) is 60.2 Å². The monoisotopic (exact) mass is 327 g/mol. The van der Waals surface area contributed by atoms with Gasteiger partial charge in [0.2, 0.25) is 0 Å². The molecule has 0 radical (unpaired) electrons. The Labute approximate surface area is 118 Å². The first-order chi connectivity index (χ1) is 8.70. The lowest BCUT2D eigenvalue weighted by molar-refractivity contribution is 0.306. The van der Waals surface area contributed by atoms with Gasteiger partial charge in [0, 0.05) is 16.2 Å². The normalized spacial score (nSPS) is 10.2. The first-order valence-corrected chi connectivity index (χ1v) is 6.36. The number of ether oxygens (including phenoxy) is 1. The van der Waals surface area contributed by atoms with E-state index in [-0.39, 0.29) is 0 Å². The highest BCUT2D eigenvalue weighted by Gasteiger charge is 2.05. The van der Waals surface area contributed by atoms with Gasteiger partial charge in [-0.1, -0.05) is 33.6 Å². The number of hydrazine groups is 1.